The fourth-order valence-corrected chi connectivity index (χ4v) is 3.35. The highest BCUT2D eigenvalue weighted by molar-refractivity contribution is 5.24. The number of nitrogens with two attached hydrogens (primary N) is 1. The van der Waals surface area contributed by atoms with Crippen molar-refractivity contribution >= 4 is 0 Å². The smallest absolute Gasteiger partial charge is 0.0865 e. The van der Waals surface area contributed by atoms with Gasteiger partial charge in [-0.3, -0.25) is 0 Å². The third-order valence-corrected chi connectivity index (χ3v) is 4.64. The van der Waals surface area contributed by atoms with Gasteiger partial charge in [0.15, 0.2) is 0 Å². The molecule has 0 amide bonds. The molecule has 74 valence electrons. The van der Waals surface area contributed by atoms with Crippen molar-refractivity contribution in [2.45, 2.75) is 50.2 Å². The summed E-state index contributed by atoms with van der Waals surface area (Å²) in [6.07, 6.45) is 6.26. The van der Waals surface area contributed by atoms with Crippen LogP contribution in [0.3, 0.4) is 0 Å². The van der Waals surface area contributed by atoms with Crippen LogP contribution in [0.15, 0.2) is 0 Å². The zero-order valence-corrected chi connectivity index (χ0v) is 8.38. The highest BCUT2D eigenvalue weighted by Crippen LogP contribution is 2.61. The topological polar surface area (TPSA) is 35.2 Å². The second-order valence-corrected chi connectivity index (χ2v) is 5.43. The van der Waals surface area contributed by atoms with Crippen LogP contribution in [0.1, 0.15) is 39.0 Å². The summed E-state index contributed by atoms with van der Waals surface area (Å²) in [6.45, 7) is 3.28. The van der Waals surface area contributed by atoms with E-state index in [0.29, 0.717) is 5.92 Å². The van der Waals surface area contributed by atoms with Crippen molar-refractivity contribution in [3.63, 3.8) is 0 Å². The Hall–Kier alpha value is -0.0800. The summed E-state index contributed by atoms with van der Waals surface area (Å²) >= 11 is 0. The summed E-state index contributed by atoms with van der Waals surface area (Å²) in [4.78, 5) is 0. The Bertz CT molecular complexity index is 230. The van der Waals surface area contributed by atoms with Gasteiger partial charge in [0.1, 0.15) is 0 Å². The van der Waals surface area contributed by atoms with E-state index < -0.39 is 0 Å². The van der Waals surface area contributed by atoms with E-state index in [4.69, 9.17) is 10.5 Å². The van der Waals surface area contributed by atoms with Gasteiger partial charge < -0.3 is 10.5 Å². The molecule has 3 fully saturated rings. The molecule has 2 atom stereocenters. The number of hydrogen-bond donors (Lipinski definition) is 1. The van der Waals surface area contributed by atoms with E-state index in [1.54, 1.807) is 0 Å². The highest BCUT2D eigenvalue weighted by Gasteiger charge is 2.69. The molecule has 13 heavy (non-hydrogen) atoms. The van der Waals surface area contributed by atoms with Gasteiger partial charge in [0.05, 0.1) is 17.7 Å². The molecule has 2 nitrogen and oxygen atoms in total. The van der Waals surface area contributed by atoms with Crippen LogP contribution in [0, 0.1) is 11.8 Å². The van der Waals surface area contributed by atoms with Crippen LogP contribution in [0.2, 0.25) is 0 Å². The van der Waals surface area contributed by atoms with Gasteiger partial charge in [-0.1, -0.05) is 6.92 Å². The quantitative estimate of drug-likeness (QED) is 0.617. The predicted molar refractivity (Wildman–Crippen MR) is 51.3 cm³/mol. The van der Waals surface area contributed by atoms with Gasteiger partial charge in [-0.2, -0.15) is 0 Å². The molecule has 2 unspecified atom stereocenters. The van der Waals surface area contributed by atoms with E-state index in [1.807, 2.05) is 0 Å². The first-order valence-electron chi connectivity index (χ1n) is 5.59. The molecule has 2 saturated carbocycles. The maximum Gasteiger partial charge on any atom is 0.0865 e. The first-order chi connectivity index (χ1) is 6.16. The number of rotatable bonds is 0. The third-order valence-electron chi connectivity index (χ3n) is 4.64. The molecule has 0 radical (unpaired) electrons. The molecule has 0 aromatic carbocycles. The number of ether oxygens (including phenoxy) is 1. The molecule has 3 aliphatic rings. The van der Waals surface area contributed by atoms with Crippen molar-refractivity contribution < 1.29 is 4.74 Å². The fourth-order valence-electron chi connectivity index (χ4n) is 3.35. The van der Waals surface area contributed by atoms with Gasteiger partial charge >= 0.3 is 0 Å². The summed E-state index contributed by atoms with van der Waals surface area (Å²) in [7, 11) is 0. The maximum atomic E-state index is 6.38. The molecule has 1 aliphatic heterocycles. The summed E-state index contributed by atoms with van der Waals surface area (Å²) in [5.41, 5.74) is 6.57. The second kappa shape index (κ2) is 2.29. The van der Waals surface area contributed by atoms with Crippen molar-refractivity contribution in [2.24, 2.45) is 17.6 Å². The van der Waals surface area contributed by atoms with Crippen molar-refractivity contribution in [1.29, 1.82) is 0 Å². The van der Waals surface area contributed by atoms with E-state index in [2.05, 4.69) is 6.92 Å². The van der Waals surface area contributed by atoms with E-state index in [0.717, 1.165) is 12.5 Å². The van der Waals surface area contributed by atoms with Crippen molar-refractivity contribution in [3.05, 3.63) is 0 Å². The Kier molecular flexibility index (Phi) is 1.45. The number of hydrogen-bond acceptors (Lipinski definition) is 2. The van der Waals surface area contributed by atoms with Gasteiger partial charge in [-0.25, -0.2) is 0 Å². The lowest BCUT2D eigenvalue weighted by Crippen LogP contribution is -2.51. The molecular weight excluding hydrogens is 162 g/mol. The first kappa shape index (κ1) is 8.25. The average molecular weight is 181 g/mol. The fraction of sp³-hybridized carbons (Fsp3) is 1.00. The molecule has 2 N–H and O–H groups in total. The van der Waals surface area contributed by atoms with Crippen molar-refractivity contribution in [1.82, 2.24) is 0 Å². The minimum Gasteiger partial charge on any atom is -0.373 e. The summed E-state index contributed by atoms with van der Waals surface area (Å²) < 4.78 is 5.97. The van der Waals surface area contributed by atoms with Gasteiger partial charge in [0.2, 0.25) is 0 Å². The molecular formula is C11H19NO. The van der Waals surface area contributed by atoms with Crippen LogP contribution < -0.4 is 5.73 Å². The lowest BCUT2D eigenvalue weighted by Gasteiger charge is -2.41. The minimum atomic E-state index is 0.0904. The summed E-state index contributed by atoms with van der Waals surface area (Å²) in [5, 5.41) is 0. The lowest BCUT2D eigenvalue weighted by molar-refractivity contribution is -0.0654. The van der Waals surface area contributed by atoms with Gasteiger partial charge in [-0.05, 0) is 38.0 Å². The summed E-state index contributed by atoms with van der Waals surface area (Å²) in [5.74, 6) is 1.58. The SMILES string of the molecule is CC1CCC2(CC1)OCC1CC12N. The van der Waals surface area contributed by atoms with Gasteiger partial charge in [0.25, 0.3) is 0 Å². The Morgan fingerprint density at radius 3 is 2.46 bits per heavy atom. The van der Waals surface area contributed by atoms with Crippen molar-refractivity contribution in [2.75, 3.05) is 6.61 Å². The predicted octanol–water partition coefficient (Wildman–Crippen LogP) is 1.68. The zero-order chi connectivity index (χ0) is 9.10. The van der Waals surface area contributed by atoms with Crippen LogP contribution in [-0.2, 0) is 4.74 Å². The van der Waals surface area contributed by atoms with Crippen LogP contribution >= 0.6 is 0 Å². The molecule has 2 aliphatic carbocycles. The molecule has 1 spiro atoms. The molecule has 3 rings (SSSR count). The molecule has 1 saturated heterocycles. The van der Waals surface area contributed by atoms with Crippen LogP contribution in [0.4, 0.5) is 0 Å². The molecule has 1 heterocycles. The summed E-state index contributed by atoms with van der Waals surface area (Å²) in [6, 6.07) is 0. The normalized spacial score (nSPS) is 59.5. The largest absolute Gasteiger partial charge is 0.373 e. The minimum absolute atomic E-state index is 0.0904. The van der Waals surface area contributed by atoms with Gasteiger partial charge in [-0.15, -0.1) is 0 Å². The Morgan fingerprint density at radius 2 is 2.00 bits per heavy atom. The van der Waals surface area contributed by atoms with Gasteiger partial charge in [0, 0.05) is 5.92 Å². The molecule has 2 heteroatoms. The highest BCUT2D eigenvalue weighted by atomic mass is 16.5. The van der Waals surface area contributed by atoms with Crippen molar-refractivity contribution in [3.8, 4) is 0 Å². The van der Waals surface area contributed by atoms with Crippen LogP contribution in [0.25, 0.3) is 0 Å². The monoisotopic (exact) mass is 181 g/mol. The van der Waals surface area contributed by atoms with E-state index >= 15 is 0 Å². The van der Waals surface area contributed by atoms with E-state index in [9.17, 15) is 0 Å². The molecule has 0 bridgehead atoms. The third kappa shape index (κ3) is 0.909. The first-order valence-corrected chi connectivity index (χ1v) is 5.59. The Balaban J connectivity index is 1.82. The molecule has 0 aromatic heterocycles. The standard InChI is InChI=1S/C11H19NO/c1-8-2-4-10(5-3-8)11(12)6-9(11)7-13-10/h8-9H,2-7,12H2,1H3. The van der Waals surface area contributed by atoms with Crippen LogP contribution in [-0.4, -0.2) is 17.7 Å². The molecule has 0 aromatic rings. The second-order valence-electron chi connectivity index (χ2n) is 5.43. The maximum absolute atomic E-state index is 6.38. The van der Waals surface area contributed by atoms with E-state index in [-0.39, 0.29) is 11.1 Å². The number of fused-ring (bicyclic) bond motifs is 2. The Morgan fingerprint density at radius 1 is 1.31 bits per heavy atom. The Labute approximate surface area is 79.8 Å². The average Bonchev–Trinajstić information content (AvgIpc) is 2.72. The zero-order valence-electron chi connectivity index (χ0n) is 8.38. The van der Waals surface area contributed by atoms with E-state index in [1.165, 1.54) is 32.1 Å². The van der Waals surface area contributed by atoms with Crippen LogP contribution in [0.5, 0.6) is 0 Å². The lowest BCUT2D eigenvalue weighted by atomic mass is 9.74.